The molecule has 1 heteroatoms. The summed E-state index contributed by atoms with van der Waals surface area (Å²) < 4.78 is 0. The van der Waals surface area contributed by atoms with Gasteiger partial charge in [-0.2, -0.15) is 0 Å². The average molecular weight is 766 g/mol. The zero-order chi connectivity index (χ0) is 40.2. The molecule has 0 atom stereocenters. The average Bonchev–Trinajstić information content (AvgIpc) is 3.54. The number of nitrogens with zero attached hydrogens (tertiary/aromatic N) is 1. The fraction of sp³-hybridized carbons (Fsp3) is 0.0508. The molecule has 0 aliphatic heterocycles. The molecular formula is C59H43N. The molecule has 0 heterocycles. The van der Waals surface area contributed by atoms with E-state index in [1.54, 1.807) is 0 Å². The van der Waals surface area contributed by atoms with E-state index in [1.165, 1.54) is 94.0 Å². The van der Waals surface area contributed by atoms with Crippen molar-refractivity contribution < 1.29 is 0 Å². The van der Waals surface area contributed by atoms with Crippen LogP contribution in [0.3, 0.4) is 0 Å². The minimum atomic E-state index is -0.225. The Morgan fingerprint density at radius 3 is 1.35 bits per heavy atom. The largest absolute Gasteiger partial charge is 0.309 e. The van der Waals surface area contributed by atoms with Crippen LogP contribution in [0, 0.1) is 0 Å². The molecule has 0 aromatic heterocycles. The topological polar surface area (TPSA) is 3.24 Å². The maximum atomic E-state index is 2.55. The van der Waals surface area contributed by atoms with Crippen LogP contribution >= 0.6 is 0 Å². The van der Waals surface area contributed by atoms with E-state index in [-0.39, 0.29) is 5.41 Å². The molecule has 1 nitrogen and oxygen atoms in total. The lowest BCUT2D eigenvalue weighted by Gasteiger charge is -2.32. The van der Waals surface area contributed by atoms with Crippen LogP contribution < -0.4 is 4.90 Å². The van der Waals surface area contributed by atoms with Gasteiger partial charge in [-0.25, -0.2) is 0 Å². The van der Waals surface area contributed by atoms with Crippen LogP contribution in [0.4, 0.5) is 17.1 Å². The monoisotopic (exact) mass is 765 g/mol. The Balaban J connectivity index is 1.21. The predicted molar refractivity (Wildman–Crippen MR) is 255 cm³/mol. The third-order valence-corrected chi connectivity index (χ3v) is 12.6. The molecule has 0 fully saturated rings. The smallest absolute Gasteiger partial charge is 0.0624 e. The number of hydrogen-bond donors (Lipinski definition) is 0. The van der Waals surface area contributed by atoms with Gasteiger partial charge in [0.15, 0.2) is 0 Å². The van der Waals surface area contributed by atoms with E-state index < -0.39 is 0 Å². The normalized spacial score (nSPS) is 12.6. The van der Waals surface area contributed by atoms with Crippen LogP contribution in [0.1, 0.15) is 25.0 Å². The van der Waals surface area contributed by atoms with Crippen molar-refractivity contribution in [3.05, 3.63) is 236 Å². The Bertz CT molecular complexity index is 3200. The van der Waals surface area contributed by atoms with Crippen LogP contribution in [-0.4, -0.2) is 0 Å². The maximum absolute atomic E-state index is 2.55. The van der Waals surface area contributed by atoms with Gasteiger partial charge in [-0.15, -0.1) is 0 Å². The summed E-state index contributed by atoms with van der Waals surface area (Å²) in [6.07, 6.45) is 0. The van der Waals surface area contributed by atoms with Gasteiger partial charge in [0.1, 0.15) is 0 Å². The molecule has 0 amide bonds. The third kappa shape index (κ3) is 5.85. The van der Waals surface area contributed by atoms with Gasteiger partial charge in [-0.05, 0) is 108 Å². The minimum Gasteiger partial charge on any atom is -0.309 e. The second kappa shape index (κ2) is 14.4. The first-order valence-corrected chi connectivity index (χ1v) is 20.9. The first-order chi connectivity index (χ1) is 29.5. The lowest BCUT2D eigenvalue weighted by molar-refractivity contribution is 0.660. The zero-order valence-electron chi connectivity index (χ0n) is 33.8. The standard InChI is InChI=1S/C59H43N/c1-59(2)55-37-44(40-19-7-3-8-20-40)31-34-50(55)51-36-33-46(39-56(51)59)60(45-32-35-47(41-21-9-4-10-22-41)54(38-45)42-23-11-5-12-24-42)58-53-30-18-16-28-49(53)48-27-15-17-29-52(48)57(58)43-25-13-6-14-26-43/h3-39H,1-2H3. The van der Waals surface area contributed by atoms with Crippen molar-refractivity contribution in [1.82, 2.24) is 0 Å². The van der Waals surface area contributed by atoms with Crippen LogP contribution in [0.15, 0.2) is 224 Å². The van der Waals surface area contributed by atoms with Crippen LogP contribution in [0.5, 0.6) is 0 Å². The first-order valence-electron chi connectivity index (χ1n) is 20.9. The number of anilines is 3. The first kappa shape index (κ1) is 35.7. The van der Waals surface area contributed by atoms with Crippen LogP contribution in [-0.2, 0) is 5.41 Å². The summed E-state index contributed by atoms with van der Waals surface area (Å²) in [6.45, 7) is 4.78. The molecule has 60 heavy (non-hydrogen) atoms. The zero-order valence-corrected chi connectivity index (χ0v) is 33.8. The number of rotatable bonds is 7. The fourth-order valence-electron chi connectivity index (χ4n) is 9.73. The van der Waals surface area contributed by atoms with E-state index in [4.69, 9.17) is 0 Å². The van der Waals surface area contributed by atoms with Gasteiger partial charge < -0.3 is 4.90 Å². The second-order valence-corrected chi connectivity index (χ2v) is 16.5. The molecule has 0 radical (unpaired) electrons. The summed E-state index contributed by atoms with van der Waals surface area (Å²) in [5.41, 5.74) is 18.2. The Morgan fingerprint density at radius 1 is 0.300 bits per heavy atom. The molecule has 0 spiro atoms. The predicted octanol–water partition coefficient (Wildman–Crippen LogP) is 16.4. The van der Waals surface area contributed by atoms with Crippen molar-refractivity contribution in [2.45, 2.75) is 19.3 Å². The van der Waals surface area contributed by atoms with E-state index in [9.17, 15) is 0 Å². The van der Waals surface area contributed by atoms with E-state index >= 15 is 0 Å². The lowest BCUT2D eigenvalue weighted by atomic mass is 9.81. The van der Waals surface area contributed by atoms with Crippen molar-refractivity contribution in [2.75, 3.05) is 4.90 Å². The number of benzene rings is 10. The van der Waals surface area contributed by atoms with E-state index in [2.05, 4.69) is 243 Å². The highest BCUT2D eigenvalue weighted by molar-refractivity contribution is 6.22. The molecular weight excluding hydrogens is 723 g/mol. The van der Waals surface area contributed by atoms with E-state index in [0.717, 1.165) is 11.4 Å². The fourth-order valence-corrected chi connectivity index (χ4v) is 9.73. The van der Waals surface area contributed by atoms with Crippen molar-refractivity contribution in [2.24, 2.45) is 0 Å². The highest BCUT2D eigenvalue weighted by Crippen LogP contribution is 2.54. The van der Waals surface area contributed by atoms with Gasteiger partial charge in [0, 0.05) is 27.7 Å². The lowest BCUT2D eigenvalue weighted by Crippen LogP contribution is -2.17. The molecule has 0 bridgehead atoms. The van der Waals surface area contributed by atoms with E-state index in [1.807, 2.05) is 0 Å². The van der Waals surface area contributed by atoms with Gasteiger partial charge in [-0.1, -0.05) is 208 Å². The van der Waals surface area contributed by atoms with Crippen LogP contribution in [0.25, 0.3) is 77.2 Å². The van der Waals surface area contributed by atoms with Gasteiger partial charge in [0.2, 0.25) is 0 Å². The van der Waals surface area contributed by atoms with Gasteiger partial charge in [0.25, 0.3) is 0 Å². The molecule has 10 aromatic rings. The third-order valence-electron chi connectivity index (χ3n) is 12.6. The molecule has 0 saturated carbocycles. The highest BCUT2D eigenvalue weighted by Gasteiger charge is 2.37. The molecule has 10 aromatic carbocycles. The number of fused-ring (bicyclic) bond motifs is 6. The highest BCUT2D eigenvalue weighted by atomic mass is 15.1. The maximum Gasteiger partial charge on any atom is 0.0624 e. The van der Waals surface area contributed by atoms with Crippen molar-refractivity contribution >= 4 is 38.6 Å². The molecule has 0 N–H and O–H groups in total. The summed E-state index contributed by atoms with van der Waals surface area (Å²) in [4.78, 5) is 2.55. The summed E-state index contributed by atoms with van der Waals surface area (Å²) in [7, 11) is 0. The van der Waals surface area contributed by atoms with Crippen LogP contribution in [0.2, 0.25) is 0 Å². The van der Waals surface area contributed by atoms with Gasteiger partial charge in [-0.3, -0.25) is 0 Å². The minimum absolute atomic E-state index is 0.225. The van der Waals surface area contributed by atoms with Crippen molar-refractivity contribution in [3.63, 3.8) is 0 Å². The van der Waals surface area contributed by atoms with Crippen molar-refractivity contribution in [1.29, 1.82) is 0 Å². The number of hydrogen-bond acceptors (Lipinski definition) is 1. The second-order valence-electron chi connectivity index (χ2n) is 16.5. The summed E-state index contributed by atoms with van der Waals surface area (Å²) in [6, 6.07) is 82.5. The molecule has 284 valence electrons. The Hall–Kier alpha value is -7.48. The van der Waals surface area contributed by atoms with Gasteiger partial charge >= 0.3 is 0 Å². The summed E-state index contributed by atoms with van der Waals surface area (Å²) >= 11 is 0. The molecule has 11 rings (SSSR count). The molecule has 1 aliphatic carbocycles. The Labute approximate surface area is 352 Å². The SMILES string of the molecule is CC1(C)c2cc(-c3ccccc3)ccc2-c2ccc(N(c3ccc(-c4ccccc4)c(-c4ccccc4)c3)c3c(-c4ccccc4)c4ccccc4c4ccccc34)cc21. The molecule has 0 unspecified atom stereocenters. The Kier molecular flexibility index (Phi) is 8.57. The Morgan fingerprint density at radius 2 is 0.733 bits per heavy atom. The molecule has 0 saturated heterocycles. The molecule has 1 aliphatic rings. The summed E-state index contributed by atoms with van der Waals surface area (Å²) in [5.74, 6) is 0. The van der Waals surface area contributed by atoms with E-state index in [0.29, 0.717) is 0 Å². The van der Waals surface area contributed by atoms with Gasteiger partial charge in [0.05, 0.1) is 5.69 Å². The quantitative estimate of drug-likeness (QED) is 0.146. The van der Waals surface area contributed by atoms with Crippen molar-refractivity contribution in [3.8, 4) is 55.6 Å². The summed E-state index contributed by atoms with van der Waals surface area (Å²) in [5, 5.41) is 4.92.